The number of carbonyl (C=O) groups is 1. The van der Waals surface area contributed by atoms with Crippen LogP contribution in [0.5, 0.6) is 0 Å². The Balaban J connectivity index is 1.62. The number of hydrogen-bond donors (Lipinski definition) is 1. The molecular formula is C15H24N4O3. The first-order valence-corrected chi connectivity index (χ1v) is 8.12. The maximum atomic E-state index is 12.5. The van der Waals surface area contributed by atoms with E-state index in [-0.39, 0.29) is 23.6 Å². The lowest BCUT2D eigenvalue weighted by atomic mass is 9.95. The molecule has 0 bridgehead atoms. The fourth-order valence-electron chi connectivity index (χ4n) is 3.38. The molecule has 1 N–H and O–H groups in total. The van der Waals surface area contributed by atoms with Crippen LogP contribution in [0, 0.1) is 5.92 Å². The topological polar surface area (TPSA) is 80.2 Å². The van der Waals surface area contributed by atoms with Crippen LogP contribution in [-0.2, 0) is 16.1 Å². The Kier molecular flexibility index (Phi) is 4.33. The number of nitrogens with zero attached hydrogens (tertiary/aromatic N) is 3. The highest BCUT2D eigenvalue weighted by molar-refractivity contribution is 5.81. The van der Waals surface area contributed by atoms with Crippen LogP contribution in [0.25, 0.3) is 0 Å². The summed E-state index contributed by atoms with van der Waals surface area (Å²) in [6, 6.07) is 0. The molecule has 2 aliphatic rings. The molecule has 0 spiro atoms. The fourth-order valence-corrected chi connectivity index (χ4v) is 3.38. The lowest BCUT2D eigenvalue weighted by Crippen LogP contribution is -2.45. The van der Waals surface area contributed by atoms with Gasteiger partial charge in [0.2, 0.25) is 0 Å². The quantitative estimate of drug-likeness (QED) is 0.869. The molecule has 22 heavy (non-hydrogen) atoms. The van der Waals surface area contributed by atoms with Crippen molar-refractivity contribution < 1.29 is 9.53 Å². The summed E-state index contributed by atoms with van der Waals surface area (Å²) in [6.45, 7) is 3.98. The van der Waals surface area contributed by atoms with E-state index >= 15 is 0 Å². The molecule has 1 amide bonds. The summed E-state index contributed by atoms with van der Waals surface area (Å²) in [5.41, 5.74) is -0.149. The average molecular weight is 308 g/mol. The number of H-pyrrole nitrogens is 1. The van der Waals surface area contributed by atoms with Gasteiger partial charge in [0.25, 0.3) is 5.91 Å². The number of ether oxygens (including phenoxy) is 1. The Morgan fingerprint density at radius 3 is 2.59 bits per heavy atom. The maximum absolute atomic E-state index is 12.5. The SMILES string of the molecule is CCn1c(C2CCN(C(=O)C(OC)C3CC3)CC2)n[nH]c1=O. The molecule has 1 aliphatic carbocycles. The third-order valence-corrected chi connectivity index (χ3v) is 4.82. The van der Waals surface area contributed by atoms with Gasteiger partial charge in [0, 0.05) is 32.7 Å². The number of aromatic nitrogens is 3. The monoisotopic (exact) mass is 308 g/mol. The molecule has 122 valence electrons. The summed E-state index contributed by atoms with van der Waals surface area (Å²) < 4.78 is 7.07. The molecule has 1 atom stereocenters. The minimum atomic E-state index is -0.268. The zero-order chi connectivity index (χ0) is 15.7. The number of amides is 1. The first kappa shape index (κ1) is 15.3. The van der Waals surface area contributed by atoms with Crippen molar-refractivity contribution in [2.45, 2.75) is 51.2 Å². The molecule has 1 unspecified atom stereocenters. The van der Waals surface area contributed by atoms with Gasteiger partial charge in [-0.25, -0.2) is 9.89 Å². The van der Waals surface area contributed by atoms with Crippen molar-refractivity contribution in [3.05, 3.63) is 16.3 Å². The number of rotatable bonds is 5. The van der Waals surface area contributed by atoms with E-state index in [2.05, 4.69) is 10.2 Å². The summed E-state index contributed by atoms with van der Waals surface area (Å²) in [6.07, 6.45) is 3.61. The summed E-state index contributed by atoms with van der Waals surface area (Å²) in [7, 11) is 1.62. The predicted octanol–water partition coefficient (Wildman–Crippen LogP) is 0.722. The Morgan fingerprint density at radius 1 is 1.36 bits per heavy atom. The minimum absolute atomic E-state index is 0.123. The molecule has 1 aliphatic heterocycles. The molecule has 7 heteroatoms. The zero-order valence-corrected chi connectivity index (χ0v) is 13.2. The maximum Gasteiger partial charge on any atom is 0.343 e. The van der Waals surface area contributed by atoms with E-state index in [9.17, 15) is 9.59 Å². The molecule has 1 saturated carbocycles. The van der Waals surface area contributed by atoms with Gasteiger partial charge >= 0.3 is 5.69 Å². The van der Waals surface area contributed by atoms with Gasteiger partial charge in [0.15, 0.2) is 0 Å². The van der Waals surface area contributed by atoms with E-state index in [0.717, 1.165) is 31.5 Å². The van der Waals surface area contributed by atoms with E-state index < -0.39 is 0 Å². The summed E-state index contributed by atoms with van der Waals surface area (Å²) in [4.78, 5) is 26.1. The fraction of sp³-hybridized carbons (Fsp3) is 0.800. The highest BCUT2D eigenvalue weighted by atomic mass is 16.5. The molecular weight excluding hydrogens is 284 g/mol. The molecule has 2 heterocycles. The van der Waals surface area contributed by atoms with Crippen molar-refractivity contribution in [3.8, 4) is 0 Å². The van der Waals surface area contributed by atoms with Crippen LogP contribution in [0.1, 0.15) is 44.3 Å². The number of methoxy groups -OCH3 is 1. The Morgan fingerprint density at radius 2 is 2.05 bits per heavy atom. The summed E-state index contributed by atoms with van der Waals surface area (Å²) in [5.74, 6) is 1.60. The highest BCUT2D eigenvalue weighted by Crippen LogP contribution is 2.36. The minimum Gasteiger partial charge on any atom is -0.371 e. The Labute approximate surface area is 129 Å². The average Bonchev–Trinajstić information content (AvgIpc) is 3.30. The van der Waals surface area contributed by atoms with Gasteiger partial charge in [-0.2, -0.15) is 5.10 Å². The van der Waals surface area contributed by atoms with Crippen molar-refractivity contribution in [1.29, 1.82) is 0 Å². The van der Waals surface area contributed by atoms with Crippen LogP contribution in [0.4, 0.5) is 0 Å². The Hall–Kier alpha value is -1.63. The van der Waals surface area contributed by atoms with Crippen LogP contribution in [0.3, 0.4) is 0 Å². The van der Waals surface area contributed by atoms with Gasteiger partial charge in [-0.1, -0.05) is 0 Å². The first-order valence-electron chi connectivity index (χ1n) is 8.12. The molecule has 0 radical (unpaired) electrons. The van der Waals surface area contributed by atoms with Gasteiger partial charge in [0.05, 0.1) is 0 Å². The lowest BCUT2D eigenvalue weighted by molar-refractivity contribution is -0.144. The van der Waals surface area contributed by atoms with Gasteiger partial charge in [-0.3, -0.25) is 9.36 Å². The zero-order valence-electron chi connectivity index (χ0n) is 13.2. The van der Waals surface area contributed by atoms with E-state index in [1.54, 1.807) is 11.7 Å². The number of piperidine rings is 1. The van der Waals surface area contributed by atoms with Gasteiger partial charge in [0.1, 0.15) is 11.9 Å². The van der Waals surface area contributed by atoms with Crippen LogP contribution in [0.15, 0.2) is 4.79 Å². The smallest absolute Gasteiger partial charge is 0.343 e. The van der Waals surface area contributed by atoms with Gasteiger partial charge in [-0.05, 0) is 38.5 Å². The molecule has 1 aromatic rings. The van der Waals surface area contributed by atoms with Crippen molar-refractivity contribution >= 4 is 5.91 Å². The van der Waals surface area contributed by atoms with E-state index in [1.165, 1.54) is 0 Å². The van der Waals surface area contributed by atoms with Gasteiger partial charge < -0.3 is 9.64 Å². The van der Waals surface area contributed by atoms with Crippen molar-refractivity contribution in [3.63, 3.8) is 0 Å². The number of carbonyl (C=O) groups excluding carboxylic acids is 1. The number of nitrogens with one attached hydrogen (secondary N) is 1. The molecule has 1 aromatic heterocycles. The van der Waals surface area contributed by atoms with Gasteiger partial charge in [-0.15, -0.1) is 0 Å². The second kappa shape index (κ2) is 6.24. The third kappa shape index (κ3) is 2.82. The molecule has 7 nitrogen and oxygen atoms in total. The van der Waals surface area contributed by atoms with E-state index in [1.807, 2.05) is 11.8 Å². The van der Waals surface area contributed by atoms with Crippen molar-refractivity contribution in [2.24, 2.45) is 5.92 Å². The number of hydrogen-bond acceptors (Lipinski definition) is 4. The predicted molar refractivity (Wildman–Crippen MR) is 80.6 cm³/mol. The lowest BCUT2D eigenvalue weighted by Gasteiger charge is -2.33. The van der Waals surface area contributed by atoms with Crippen LogP contribution in [0.2, 0.25) is 0 Å². The van der Waals surface area contributed by atoms with E-state index in [4.69, 9.17) is 4.74 Å². The largest absolute Gasteiger partial charge is 0.371 e. The second-order valence-corrected chi connectivity index (χ2v) is 6.22. The number of likely N-dealkylation sites (tertiary alicyclic amines) is 1. The molecule has 2 fully saturated rings. The standard InChI is InChI=1S/C15H24N4O3/c1-3-19-13(16-17-15(19)21)11-6-8-18(9-7-11)14(20)12(22-2)10-4-5-10/h10-12H,3-9H2,1-2H3,(H,17,21). The second-order valence-electron chi connectivity index (χ2n) is 6.22. The normalized spacial score (nSPS) is 21.1. The van der Waals surface area contributed by atoms with Crippen LogP contribution < -0.4 is 5.69 Å². The molecule has 1 saturated heterocycles. The van der Waals surface area contributed by atoms with Crippen molar-refractivity contribution in [1.82, 2.24) is 19.7 Å². The first-order chi connectivity index (χ1) is 10.7. The van der Waals surface area contributed by atoms with E-state index in [0.29, 0.717) is 25.6 Å². The highest BCUT2D eigenvalue weighted by Gasteiger charge is 2.39. The third-order valence-electron chi connectivity index (χ3n) is 4.82. The van der Waals surface area contributed by atoms with Crippen LogP contribution in [-0.4, -0.2) is 51.9 Å². The van der Waals surface area contributed by atoms with Crippen molar-refractivity contribution in [2.75, 3.05) is 20.2 Å². The number of aromatic amines is 1. The van der Waals surface area contributed by atoms with Crippen LogP contribution >= 0.6 is 0 Å². The Bertz CT molecular complexity index is 582. The molecule has 0 aromatic carbocycles. The summed E-state index contributed by atoms with van der Waals surface area (Å²) in [5, 5.41) is 6.69. The summed E-state index contributed by atoms with van der Waals surface area (Å²) >= 11 is 0. The molecule has 3 rings (SSSR count).